The number of methoxy groups -OCH3 is 1. The number of piperidine rings is 1. The summed E-state index contributed by atoms with van der Waals surface area (Å²) in [4.78, 5) is 18.7. The lowest BCUT2D eigenvalue weighted by atomic mass is 9.99. The molecule has 1 aliphatic rings. The Kier molecular flexibility index (Phi) is 6.51. The van der Waals surface area contributed by atoms with Crippen LogP contribution in [0, 0.1) is 10.7 Å². The fraction of sp³-hybridized carbons (Fsp3) is 0.500. The highest BCUT2D eigenvalue weighted by molar-refractivity contribution is 7.71. The molecule has 0 aliphatic carbocycles. The predicted octanol–water partition coefficient (Wildman–Crippen LogP) is 3.50. The molecule has 1 aromatic heterocycles. The van der Waals surface area contributed by atoms with Crippen molar-refractivity contribution in [3.8, 4) is 17.1 Å². The van der Waals surface area contributed by atoms with Crippen molar-refractivity contribution in [2.24, 2.45) is 5.92 Å². The van der Waals surface area contributed by atoms with Crippen LogP contribution < -0.4 is 4.74 Å². The van der Waals surface area contributed by atoms with Gasteiger partial charge >= 0.3 is 5.97 Å². The fourth-order valence-electron chi connectivity index (χ4n) is 3.27. The maximum atomic E-state index is 12.0. The number of rotatable bonds is 6. The topological polar surface area (TPSA) is 72.4 Å². The van der Waals surface area contributed by atoms with E-state index in [4.69, 9.17) is 33.3 Å². The summed E-state index contributed by atoms with van der Waals surface area (Å²) >= 11 is 11.5. The van der Waals surface area contributed by atoms with Crippen LogP contribution in [0.5, 0.6) is 5.75 Å². The molecule has 0 amide bonds. The maximum absolute atomic E-state index is 12.0. The Hall–Kier alpha value is -1.90. The lowest BCUT2D eigenvalue weighted by Crippen LogP contribution is -2.40. The van der Waals surface area contributed by atoms with Crippen molar-refractivity contribution in [3.05, 3.63) is 28.0 Å². The molecule has 0 saturated carbocycles. The number of carbonyl (C=O) groups excluding carboxylic acids is 1. The van der Waals surface area contributed by atoms with Crippen molar-refractivity contribution in [2.75, 3.05) is 26.8 Å². The number of aromatic nitrogens is 3. The average Bonchev–Trinajstić information content (AvgIpc) is 3.02. The van der Waals surface area contributed by atoms with Gasteiger partial charge in [-0.15, -0.1) is 0 Å². The molecule has 0 radical (unpaired) electrons. The number of hydrogen-bond donors (Lipinski definition) is 1. The lowest BCUT2D eigenvalue weighted by molar-refractivity contribution is -0.150. The molecule has 1 aliphatic heterocycles. The van der Waals surface area contributed by atoms with Gasteiger partial charge in [0.15, 0.2) is 5.82 Å². The Labute approximate surface area is 168 Å². The molecule has 1 aromatic carbocycles. The molecule has 0 unspecified atom stereocenters. The molecule has 146 valence electrons. The van der Waals surface area contributed by atoms with Crippen LogP contribution in [-0.2, 0) is 16.2 Å². The first kappa shape index (κ1) is 19.9. The second-order valence-electron chi connectivity index (χ2n) is 6.44. The fourth-order valence-corrected chi connectivity index (χ4v) is 3.64. The molecule has 1 fully saturated rings. The van der Waals surface area contributed by atoms with Crippen LogP contribution in [0.2, 0.25) is 5.02 Å². The summed E-state index contributed by atoms with van der Waals surface area (Å²) in [6.07, 6.45) is 1.80. The molecule has 1 saturated heterocycles. The van der Waals surface area contributed by atoms with Gasteiger partial charge in [-0.2, -0.15) is 4.98 Å². The Morgan fingerprint density at radius 3 is 3.04 bits per heavy atom. The van der Waals surface area contributed by atoms with E-state index in [0.717, 1.165) is 24.9 Å². The molecule has 2 heterocycles. The van der Waals surface area contributed by atoms with Crippen LogP contribution in [0.1, 0.15) is 19.8 Å². The molecule has 2 aromatic rings. The van der Waals surface area contributed by atoms with Gasteiger partial charge in [-0.25, -0.2) is 4.68 Å². The zero-order valence-corrected chi connectivity index (χ0v) is 17.0. The van der Waals surface area contributed by atoms with Crippen LogP contribution in [0.4, 0.5) is 0 Å². The third-order valence-electron chi connectivity index (χ3n) is 4.56. The molecule has 0 spiro atoms. The zero-order chi connectivity index (χ0) is 19.4. The molecule has 0 bridgehead atoms. The number of H-pyrrole nitrogens is 1. The third-order valence-corrected chi connectivity index (χ3v) is 5.11. The van der Waals surface area contributed by atoms with Gasteiger partial charge in [0.25, 0.3) is 0 Å². The zero-order valence-electron chi connectivity index (χ0n) is 15.4. The van der Waals surface area contributed by atoms with Crippen LogP contribution in [0.15, 0.2) is 18.2 Å². The summed E-state index contributed by atoms with van der Waals surface area (Å²) < 4.78 is 12.8. The number of ether oxygens (including phenoxy) is 2. The average molecular weight is 411 g/mol. The Balaban J connectivity index is 1.77. The van der Waals surface area contributed by atoms with Crippen LogP contribution in [-0.4, -0.2) is 52.4 Å². The largest absolute Gasteiger partial charge is 0.496 e. The van der Waals surface area contributed by atoms with E-state index in [1.54, 1.807) is 30.0 Å². The van der Waals surface area contributed by atoms with E-state index in [2.05, 4.69) is 15.0 Å². The van der Waals surface area contributed by atoms with Crippen molar-refractivity contribution >= 4 is 29.8 Å². The molecular weight excluding hydrogens is 388 g/mol. The van der Waals surface area contributed by atoms with Gasteiger partial charge in [0.05, 0.1) is 31.9 Å². The first-order chi connectivity index (χ1) is 13.0. The van der Waals surface area contributed by atoms with Crippen molar-refractivity contribution in [1.82, 2.24) is 19.7 Å². The number of esters is 1. The van der Waals surface area contributed by atoms with Crippen molar-refractivity contribution < 1.29 is 14.3 Å². The number of nitrogens with zero attached hydrogens (tertiary/aromatic N) is 3. The van der Waals surface area contributed by atoms with Crippen LogP contribution in [0.3, 0.4) is 0 Å². The minimum Gasteiger partial charge on any atom is -0.496 e. The summed E-state index contributed by atoms with van der Waals surface area (Å²) in [5.41, 5.74) is 0.748. The number of benzene rings is 1. The summed E-state index contributed by atoms with van der Waals surface area (Å²) in [6.45, 7) is 4.31. The first-order valence-corrected chi connectivity index (χ1v) is 9.70. The normalized spacial score (nSPS) is 17.7. The Morgan fingerprint density at radius 1 is 1.48 bits per heavy atom. The van der Waals surface area contributed by atoms with Crippen molar-refractivity contribution in [3.63, 3.8) is 0 Å². The highest BCUT2D eigenvalue weighted by Gasteiger charge is 2.27. The molecule has 27 heavy (non-hydrogen) atoms. The molecule has 7 nitrogen and oxygen atoms in total. The summed E-state index contributed by atoms with van der Waals surface area (Å²) in [5.74, 6) is 1.04. The van der Waals surface area contributed by atoms with Gasteiger partial charge < -0.3 is 9.47 Å². The van der Waals surface area contributed by atoms with Gasteiger partial charge in [0.2, 0.25) is 4.77 Å². The van der Waals surface area contributed by atoms with Gasteiger partial charge in [0.1, 0.15) is 5.75 Å². The Bertz CT molecular complexity index is 867. The highest BCUT2D eigenvalue weighted by Crippen LogP contribution is 2.30. The van der Waals surface area contributed by atoms with E-state index < -0.39 is 0 Å². The molecular formula is C18H23ClN4O3S. The highest BCUT2D eigenvalue weighted by atomic mass is 35.5. The monoisotopic (exact) mass is 410 g/mol. The minimum atomic E-state index is -0.125. The number of halogens is 1. The summed E-state index contributed by atoms with van der Waals surface area (Å²) in [7, 11) is 1.60. The van der Waals surface area contributed by atoms with Gasteiger partial charge in [-0.1, -0.05) is 11.6 Å². The van der Waals surface area contributed by atoms with Crippen molar-refractivity contribution in [2.45, 2.75) is 26.4 Å². The number of nitrogens with one attached hydrogen (secondary N) is 1. The number of hydrogen-bond acceptors (Lipinski definition) is 6. The van der Waals surface area contributed by atoms with Crippen LogP contribution in [0.25, 0.3) is 11.4 Å². The molecule has 1 N–H and O–H groups in total. The van der Waals surface area contributed by atoms with E-state index in [1.165, 1.54) is 0 Å². The standard InChI is InChI=1S/C18H23ClN4O3S/c1-3-26-17(24)12-5-4-8-22(10-12)11-23-18(27)20-16(21-23)14-9-13(19)6-7-15(14)25-2/h6-7,9,12H,3-5,8,10-11H2,1-2H3,(H,20,21,27)/t12-/m0/s1. The number of likely N-dealkylation sites (tertiary alicyclic amines) is 1. The summed E-state index contributed by atoms with van der Waals surface area (Å²) in [6, 6.07) is 5.34. The molecule has 3 rings (SSSR count). The third kappa shape index (κ3) is 4.69. The van der Waals surface area contributed by atoms with E-state index in [9.17, 15) is 4.79 Å². The van der Waals surface area contributed by atoms with E-state index >= 15 is 0 Å². The van der Waals surface area contributed by atoms with Gasteiger partial charge in [-0.05, 0) is 56.7 Å². The van der Waals surface area contributed by atoms with Crippen molar-refractivity contribution in [1.29, 1.82) is 0 Å². The Morgan fingerprint density at radius 2 is 2.30 bits per heavy atom. The number of aromatic amines is 1. The second kappa shape index (κ2) is 8.86. The smallest absolute Gasteiger partial charge is 0.310 e. The molecule has 1 atom stereocenters. The predicted molar refractivity (Wildman–Crippen MR) is 105 cm³/mol. The van der Waals surface area contributed by atoms with Gasteiger partial charge in [-0.3, -0.25) is 14.8 Å². The quantitative estimate of drug-likeness (QED) is 0.580. The first-order valence-electron chi connectivity index (χ1n) is 8.91. The van der Waals surface area contributed by atoms with Gasteiger partial charge in [0, 0.05) is 11.6 Å². The van der Waals surface area contributed by atoms with Crippen LogP contribution >= 0.6 is 23.8 Å². The molecule has 9 heteroatoms. The second-order valence-corrected chi connectivity index (χ2v) is 7.24. The summed E-state index contributed by atoms with van der Waals surface area (Å²) in [5, 5.41) is 3.81. The van der Waals surface area contributed by atoms with E-state index in [1.807, 2.05) is 6.92 Å². The van der Waals surface area contributed by atoms with E-state index in [0.29, 0.717) is 41.2 Å². The minimum absolute atomic E-state index is 0.0942. The SMILES string of the molecule is CCOC(=O)[C@H]1CCCN(Cn2[nH]c(-c3cc(Cl)ccc3OC)nc2=S)C1. The van der Waals surface area contributed by atoms with E-state index in [-0.39, 0.29) is 11.9 Å². The lowest BCUT2D eigenvalue weighted by Gasteiger charge is -2.31. The maximum Gasteiger partial charge on any atom is 0.310 e. The number of carbonyl (C=O) groups is 1.